The number of aliphatic hydroxyl groups is 1. The molecule has 1 amide bonds. The van der Waals surface area contributed by atoms with Gasteiger partial charge in [-0.1, -0.05) is 83.3 Å². The van der Waals surface area contributed by atoms with Gasteiger partial charge in [0.05, 0.1) is 18.7 Å². The predicted molar refractivity (Wildman–Crippen MR) is 154 cm³/mol. The van der Waals surface area contributed by atoms with Crippen LogP contribution in [0.2, 0.25) is 0 Å². The van der Waals surface area contributed by atoms with Crippen LogP contribution in [0.25, 0.3) is 11.0 Å². The van der Waals surface area contributed by atoms with E-state index in [9.17, 15) is 14.7 Å². The van der Waals surface area contributed by atoms with Crippen molar-refractivity contribution < 1.29 is 23.8 Å². The fourth-order valence-electron chi connectivity index (χ4n) is 4.55. The number of methoxy groups -OCH3 is 1. The molecule has 1 atom stereocenters. The first-order chi connectivity index (χ1) is 19.4. The molecule has 0 bridgehead atoms. The molecule has 0 saturated heterocycles. The number of ether oxygens (including phenoxy) is 1. The maximum atomic E-state index is 13.8. The van der Waals surface area contributed by atoms with Crippen molar-refractivity contribution in [2.45, 2.75) is 23.1 Å². The summed E-state index contributed by atoms with van der Waals surface area (Å²) in [7, 11) is 1.56. The van der Waals surface area contributed by atoms with Crippen LogP contribution in [0.1, 0.15) is 33.3 Å². The zero-order chi connectivity index (χ0) is 27.8. The third-order valence-corrected chi connectivity index (χ3v) is 8.75. The van der Waals surface area contributed by atoms with Crippen molar-refractivity contribution >= 4 is 50.9 Å². The lowest BCUT2D eigenvalue weighted by Crippen LogP contribution is -2.31. The smallest absolute Gasteiger partial charge is 0.296 e. The number of amides is 1. The summed E-state index contributed by atoms with van der Waals surface area (Å²) in [5.41, 5.74) is 3.37. The zero-order valence-corrected chi connectivity index (χ0v) is 23.2. The van der Waals surface area contributed by atoms with Gasteiger partial charge in [0.15, 0.2) is 15.9 Å². The van der Waals surface area contributed by atoms with Gasteiger partial charge in [-0.25, -0.2) is 0 Å². The molecule has 200 valence electrons. The number of hydrogen-bond donors (Lipinski definition) is 1. The van der Waals surface area contributed by atoms with E-state index in [-0.39, 0.29) is 16.5 Å². The van der Waals surface area contributed by atoms with Crippen LogP contribution in [0.3, 0.4) is 0 Å². The number of carbonyl (C=O) groups is 2. The van der Waals surface area contributed by atoms with Gasteiger partial charge in [-0.05, 0) is 42.3 Å². The first-order valence-electron chi connectivity index (χ1n) is 12.4. The van der Waals surface area contributed by atoms with Crippen LogP contribution in [-0.4, -0.2) is 34.1 Å². The number of anilines is 1. The Morgan fingerprint density at radius 1 is 1.07 bits per heavy atom. The number of aliphatic hydroxyl groups excluding tert-OH is 1. The number of carbonyl (C=O) groups excluding carboxylic acids is 2. The molecule has 40 heavy (non-hydrogen) atoms. The molecule has 1 aliphatic heterocycles. The minimum absolute atomic E-state index is 0.0301. The molecular formula is C30H23N3O5S2. The van der Waals surface area contributed by atoms with Gasteiger partial charge in [0.1, 0.15) is 11.3 Å². The molecule has 3 heterocycles. The van der Waals surface area contributed by atoms with Crippen molar-refractivity contribution in [3.8, 4) is 5.75 Å². The molecule has 0 saturated carbocycles. The van der Waals surface area contributed by atoms with Crippen LogP contribution in [0.15, 0.2) is 99.0 Å². The second-order valence-corrected chi connectivity index (χ2v) is 11.4. The minimum Gasteiger partial charge on any atom is -0.503 e. The van der Waals surface area contributed by atoms with Gasteiger partial charge in [-0.3, -0.25) is 14.5 Å². The number of para-hydroxylation sites is 1. The monoisotopic (exact) mass is 569 g/mol. The maximum absolute atomic E-state index is 13.8. The molecule has 6 rings (SSSR count). The van der Waals surface area contributed by atoms with Crippen LogP contribution in [0, 0.1) is 6.92 Å². The second-order valence-electron chi connectivity index (χ2n) is 9.22. The van der Waals surface area contributed by atoms with Crippen LogP contribution < -0.4 is 9.64 Å². The number of benzene rings is 3. The summed E-state index contributed by atoms with van der Waals surface area (Å²) >= 11 is 2.73. The molecular weight excluding hydrogens is 546 g/mol. The number of thioether (sulfide) groups is 1. The summed E-state index contributed by atoms with van der Waals surface area (Å²) in [6, 6.07) is 23.1. The lowest BCUT2D eigenvalue weighted by molar-refractivity contribution is -0.117. The average Bonchev–Trinajstić information content (AvgIpc) is 3.69. The van der Waals surface area contributed by atoms with Gasteiger partial charge in [-0.15, -0.1) is 10.2 Å². The Hall–Kier alpha value is -4.41. The molecule has 0 radical (unpaired) electrons. The predicted octanol–water partition coefficient (Wildman–Crippen LogP) is 6.68. The van der Waals surface area contributed by atoms with Gasteiger partial charge >= 0.3 is 0 Å². The van der Waals surface area contributed by atoms with Crippen molar-refractivity contribution in [1.82, 2.24) is 10.2 Å². The van der Waals surface area contributed by atoms with E-state index in [1.54, 1.807) is 43.5 Å². The second kappa shape index (κ2) is 10.6. The Kier molecular flexibility index (Phi) is 6.87. The number of aryl methyl sites for hydroxylation is 1. The third-order valence-electron chi connectivity index (χ3n) is 6.62. The first-order valence-corrected chi connectivity index (χ1v) is 14.2. The van der Waals surface area contributed by atoms with E-state index in [0.29, 0.717) is 27.0 Å². The Balaban J connectivity index is 1.36. The number of Topliss-reactive ketones (excluding diaryl/α,β-unsaturated/α-hetero) is 1. The minimum atomic E-state index is -0.943. The lowest BCUT2D eigenvalue weighted by atomic mass is 9.95. The van der Waals surface area contributed by atoms with E-state index in [1.807, 2.05) is 25.1 Å². The SMILES string of the molecule is COc1ccc([C@H]2C(C(=O)c3cc4ccccc4o3)=C(O)C(=O)N2c2nnc(SCc3ccc(C)cc3)s2)cc1. The molecule has 2 aromatic heterocycles. The highest BCUT2D eigenvalue weighted by Crippen LogP contribution is 2.44. The summed E-state index contributed by atoms with van der Waals surface area (Å²) in [6.45, 7) is 2.04. The lowest BCUT2D eigenvalue weighted by Gasteiger charge is -2.24. The number of fused-ring (bicyclic) bond motifs is 1. The number of rotatable bonds is 8. The molecule has 0 spiro atoms. The van der Waals surface area contributed by atoms with Gasteiger partial charge in [0.25, 0.3) is 5.91 Å². The number of hydrogen-bond acceptors (Lipinski definition) is 9. The summed E-state index contributed by atoms with van der Waals surface area (Å²) in [4.78, 5) is 28.6. The van der Waals surface area contributed by atoms with E-state index in [2.05, 4.69) is 34.5 Å². The van der Waals surface area contributed by atoms with Gasteiger partial charge in [0, 0.05) is 11.1 Å². The fraction of sp³-hybridized carbons (Fsp3) is 0.133. The summed E-state index contributed by atoms with van der Waals surface area (Å²) < 4.78 is 11.7. The molecule has 0 aliphatic carbocycles. The summed E-state index contributed by atoms with van der Waals surface area (Å²) in [6.07, 6.45) is 0. The first kappa shape index (κ1) is 25.8. The third kappa shape index (κ3) is 4.76. The highest BCUT2D eigenvalue weighted by Gasteiger charge is 2.46. The van der Waals surface area contributed by atoms with Crippen LogP contribution in [0.4, 0.5) is 5.13 Å². The van der Waals surface area contributed by atoms with Crippen molar-refractivity contribution in [2.24, 2.45) is 0 Å². The van der Waals surface area contributed by atoms with E-state index in [4.69, 9.17) is 9.15 Å². The number of furan rings is 1. The number of ketones is 1. The molecule has 5 aromatic rings. The Morgan fingerprint density at radius 3 is 2.55 bits per heavy atom. The molecule has 1 aliphatic rings. The number of aromatic nitrogens is 2. The normalized spacial score (nSPS) is 15.3. The van der Waals surface area contributed by atoms with Gasteiger partial charge in [-0.2, -0.15) is 0 Å². The Bertz CT molecular complexity index is 1720. The van der Waals surface area contributed by atoms with Crippen LogP contribution in [-0.2, 0) is 10.5 Å². The molecule has 0 fully saturated rings. The molecule has 0 unspecified atom stereocenters. The molecule has 3 aromatic carbocycles. The fourth-order valence-corrected chi connectivity index (χ4v) is 6.37. The van der Waals surface area contributed by atoms with Crippen LogP contribution >= 0.6 is 23.1 Å². The number of nitrogens with zero attached hydrogens (tertiary/aromatic N) is 3. The summed E-state index contributed by atoms with van der Waals surface area (Å²) in [5, 5.41) is 20.6. The molecule has 8 nitrogen and oxygen atoms in total. The standard InChI is InChI=1S/C30H23N3O5S2/c1-17-7-9-18(10-8-17)16-39-30-32-31-29(40-30)33-25(19-11-13-21(37-2)14-12-19)24(27(35)28(33)36)26(34)23-15-20-5-3-4-6-22(20)38-23/h3-15,25,35H,16H2,1-2H3/t25-/m0/s1. The van der Waals surface area contributed by atoms with E-state index >= 15 is 0 Å². The molecule has 1 N–H and O–H groups in total. The van der Waals surface area contributed by atoms with Gasteiger partial charge in [0.2, 0.25) is 10.9 Å². The quantitative estimate of drug-likeness (QED) is 0.125. The van der Waals surface area contributed by atoms with Crippen molar-refractivity contribution in [3.63, 3.8) is 0 Å². The van der Waals surface area contributed by atoms with Crippen molar-refractivity contribution in [3.05, 3.63) is 113 Å². The highest BCUT2D eigenvalue weighted by molar-refractivity contribution is 8.00. The maximum Gasteiger partial charge on any atom is 0.296 e. The Morgan fingerprint density at radius 2 is 1.82 bits per heavy atom. The highest BCUT2D eigenvalue weighted by atomic mass is 32.2. The van der Waals surface area contributed by atoms with E-state index in [1.165, 1.54) is 33.6 Å². The van der Waals surface area contributed by atoms with E-state index in [0.717, 1.165) is 10.9 Å². The topological polar surface area (TPSA) is 106 Å². The van der Waals surface area contributed by atoms with Gasteiger partial charge < -0.3 is 14.3 Å². The Labute approximate surface area is 237 Å². The van der Waals surface area contributed by atoms with Crippen molar-refractivity contribution in [1.29, 1.82) is 0 Å². The largest absolute Gasteiger partial charge is 0.503 e. The molecule has 10 heteroatoms. The summed E-state index contributed by atoms with van der Waals surface area (Å²) in [5.74, 6) is -0.624. The average molecular weight is 570 g/mol. The van der Waals surface area contributed by atoms with Crippen LogP contribution in [0.5, 0.6) is 5.75 Å². The van der Waals surface area contributed by atoms with Crippen molar-refractivity contribution in [2.75, 3.05) is 12.0 Å². The van der Waals surface area contributed by atoms with E-state index < -0.39 is 23.5 Å². The zero-order valence-electron chi connectivity index (χ0n) is 21.5.